The minimum Gasteiger partial charge on any atom is -0.352 e. The molecule has 0 aliphatic heterocycles. The summed E-state index contributed by atoms with van der Waals surface area (Å²) < 4.78 is 26.3. The Morgan fingerprint density at radius 3 is 2.33 bits per heavy atom. The van der Waals surface area contributed by atoms with Crippen LogP contribution in [0.25, 0.3) is 0 Å². The van der Waals surface area contributed by atoms with Crippen molar-refractivity contribution in [2.24, 2.45) is 0 Å². The zero-order chi connectivity index (χ0) is 19.8. The summed E-state index contributed by atoms with van der Waals surface area (Å²) in [5, 5.41) is 7.78. The molecule has 2 rings (SSSR count). The van der Waals surface area contributed by atoms with E-state index in [1.54, 1.807) is 24.3 Å². The van der Waals surface area contributed by atoms with Gasteiger partial charge in [-0.25, -0.2) is 8.78 Å². The highest BCUT2D eigenvalue weighted by Crippen LogP contribution is 2.15. The molecule has 142 valence electrons. The van der Waals surface area contributed by atoms with E-state index in [2.05, 4.69) is 16.0 Å². The number of hydrogen-bond acceptors (Lipinski definition) is 3. The first-order chi connectivity index (χ1) is 12.8. The predicted octanol–water partition coefficient (Wildman–Crippen LogP) is 3.07. The van der Waals surface area contributed by atoms with Crippen molar-refractivity contribution >= 4 is 29.1 Å². The average molecular weight is 375 g/mol. The van der Waals surface area contributed by atoms with E-state index in [-0.39, 0.29) is 30.3 Å². The highest BCUT2D eigenvalue weighted by atomic mass is 19.1. The highest BCUT2D eigenvalue weighted by Gasteiger charge is 2.12. The largest absolute Gasteiger partial charge is 0.352 e. The predicted molar refractivity (Wildman–Crippen MR) is 97.3 cm³/mol. The third-order valence-corrected chi connectivity index (χ3v) is 3.51. The van der Waals surface area contributed by atoms with Crippen LogP contribution < -0.4 is 16.0 Å². The lowest BCUT2D eigenvalue weighted by atomic mass is 10.2. The summed E-state index contributed by atoms with van der Waals surface area (Å²) >= 11 is 0. The molecule has 2 aromatic rings. The van der Waals surface area contributed by atoms with Gasteiger partial charge in [0.15, 0.2) is 0 Å². The summed E-state index contributed by atoms with van der Waals surface area (Å²) in [5.74, 6) is -2.85. The topological polar surface area (TPSA) is 87.3 Å². The summed E-state index contributed by atoms with van der Waals surface area (Å²) in [6.07, 6.45) is 0.475. The Hall–Kier alpha value is -3.29. The van der Waals surface area contributed by atoms with E-state index in [0.717, 1.165) is 12.1 Å². The van der Waals surface area contributed by atoms with E-state index in [0.29, 0.717) is 23.9 Å². The number of carbonyl (C=O) groups is 3. The maximum atomic E-state index is 13.5. The summed E-state index contributed by atoms with van der Waals surface area (Å²) in [6.45, 7) is 1.55. The molecule has 0 saturated carbocycles. The van der Waals surface area contributed by atoms with Gasteiger partial charge >= 0.3 is 0 Å². The fourth-order valence-electron chi connectivity index (χ4n) is 2.32. The first-order valence-corrected chi connectivity index (χ1v) is 8.26. The molecular weight excluding hydrogens is 356 g/mol. The Balaban J connectivity index is 1.76. The second-order valence-electron chi connectivity index (χ2n) is 5.79. The van der Waals surface area contributed by atoms with Crippen molar-refractivity contribution in [1.82, 2.24) is 5.32 Å². The van der Waals surface area contributed by atoms with Crippen LogP contribution in [0.5, 0.6) is 0 Å². The lowest BCUT2D eigenvalue weighted by Gasteiger charge is -2.09. The van der Waals surface area contributed by atoms with Crippen LogP contribution in [-0.4, -0.2) is 24.3 Å². The molecule has 3 amide bonds. The van der Waals surface area contributed by atoms with Crippen molar-refractivity contribution in [2.75, 3.05) is 17.2 Å². The number of benzene rings is 2. The number of halogens is 2. The molecule has 8 heteroatoms. The molecule has 0 fully saturated rings. The third-order valence-electron chi connectivity index (χ3n) is 3.51. The lowest BCUT2D eigenvalue weighted by Crippen LogP contribution is -2.26. The molecule has 0 unspecified atom stereocenters. The van der Waals surface area contributed by atoms with Gasteiger partial charge < -0.3 is 16.0 Å². The van der Waals surface area contributed by atoms with Crippen molar-refractivity contribution in [2.45, 2.75) is 19.8 Å². The maximum Gasteiger partial charge on any atom is 0.254 e. The van der Waals surface area contributed by atoms with Crippen molar-refractivity contribution in [3.8, 4) is 0 Å². The molecule has 0 radical (unpaired) electrons. The van der Waals surface area contributed by atoms with Crippen LogP contribution in [0.1, 0.15) is 30.1 Å². The van der Waals surface area contributed by atoms with Gasteiger partial charge in [-0.15, -0.1) is 0 Å². The molecule has 27 heavy (non-hydrogen) atoms. The standard InChI is InChI=1S/C19H19F2N3O3/c1-12(25)23-14-4-2-5-15(11-14)24-18(26)6-3-9-22-19(27)16-8-7-13(20)10-17(16)21/h2,4-5,7-8,10-11H,3,6,9H2,1H3,(H,22,27)(H,23,25)(H,24,26). The Kier molecular flexibility index (Phi) is 6.99. The molecule has 2 aromatic carbocycles. The van der Waals surface area contributed by atoms with Crippen molar-refractivity contribution < 1.29 is 23.2 Å². The summed E-state index contributed by atoms with van der Waals surface area (Å²) in [7, 11) is 0. The van der Waals surface area contributed by atoms with E-state index >= 15 is 0 Å². The van der Waals surface area contributed by atoms with Gasteiger partial charge in [-0.05, 0) is 36.8 Å². The third kappa shape index (κ3) is 6.50. The minimum atomic E-state index is -0.940. The fraction of sp³-hybridized carbons (Fsp3) is 0.211. The normalized spacial score (nSPS) is 10.2. The zero-order valence-electron chi connectivity index (χ0n) is 14.6. The Labute approximate surface area is 155 Å². The summed E-state index contributed by atoms with van der Waals surface area (Å²) in [6, 6.07) is 9.40. The molecule has 0 spiro atoms. The van der Waals surface area contributed by atoms with E-state index < -0.39 is 17.5 Å². The second kappa shape index (κ2) is 9.42. The Morgan fingerprint density at radius 2 is 1.67 bits per heavy atom. The molecule has 3 N–H and O–H groups in total. The highest BCUT2D eigenvalue weighted by molar-refractivity contribution is 5.95. The number of anilines is 2. The van der Waals surface area contributed by atoms with E-state index in [9.17, 15) is 23.2 Å². The molecule has 0 saturated heterocycles. The van der Waals surface area contributed by atoms with E-state index in [4.69, 9.17) is 0 Å². The number of rotatable bonds is 7. The molecule has 0 aliphatic carbocycles. The molecule has 0 bridgehead atoms. The Bertz CT molecular complexity index is 856. The average Bonchev–Trinajstić information content (AvgIpc) is 2.58. The molecule has 6 nitrogen and oxygen atoms in total. The Morgan fingerprint density at radius 1 is 0.963 bits per heavy atom. The number of carbonyl (C=O) groups excluding carboxylic acids is 3. The number of amides is 3. The van der Waals surface area contributed by atoms with Crippen molar-refractivity contribution in [1.29, 1.82) is 0 Å². The zero-order valence-corrected chi connectivity index (χ0v) is 14.6. The quantitative estimate of drug-likeness (QED) is 0.650. The van der Waals surface area contributed by atoms with Crippen molar-refractivity contribution in [3.05, 3.63) is 59.7 Å². The molecule has 0 heterocycles. The lowest BCUT2D eigenvalue weighted by molar-refractivity contribution is -0.116. The first-order valence-electron chi connectivity index (χ1n) is 8.26. The summed E-state index contributed by atoms with van der Waals surface area (Å²) in [5.41, 5.74) is 0.841. The van der Waals surface area contributed by atoms with Gasteiger partial charge in [-0.3, -0.25) is 14.4 Å². The van der Waals surface area contributed by atoms with Crippen LogP contribution in [0, 0.1) is 11.6 Å². The van der Waals surface area contributed by atoms with Crippen molar-refractivity contribution in [3.63, 3.8) is 0 Å². The van der Waals surface area contributed by atoms with Crippen LogP contribution in [0.4, 0.5) is 20.2 Å². The fourth-order valence-corrected chi connectivity index (χ4v) is 2.32. The van der Waals surface area contributed by atoms with Crippen LogP contribution in [0.15, 0.2) is 42.5 Å². The molecule has 0 aromatic heterocycles. The van der Waals surface area contributed by atoms with Crippen LogP contribution in [0.2, 0.25) is 0 Å². The smallest absolute Gasteiger partial charge is 0.254 e. The second-order valence-corrected chi connectivity index (χ2v) is 5.79. The van der Waals surface area contributed by atoms with Gasteiger partial charge in [-0.1, -0.05) is 6.07 Å². The molecule has 0 atom stereocenters. The molecule has 0 aliphatic rings. The van der Waals surface area contributed by atoms with Gasteiger partial charge in [-0.2, -0.15) is 0 Å². The van der Waals surface area contributed by atoms with Crippen LogP contribution in [-0.2, 0) is 9.59 Å². The first kappa shape index (κ1) is 20.0. The van der Waals surface area contributed by atoms with Gasteiger partial charge in [0, 0.05) is 37.3 Å². The van der Waals surface area contributed by atoms with E-state index in [1.807, 2.05) is 0 Å². The summed E-state index contributed by atoms with van der Waals surface area (Å²) in [4.78, 5) is 34.8. The maximum absolute atomic E-state index is 13.5. The SMILES string of the molecule is CC(=O)Nc1cccc(NC(=O)CCCNC(=O)c2ccc(F)cc2F)c1. The minimum absolute atomic E-state index is 0.135. The van der Waals surface area contributed by atoms with Gasteiger partial charge in [0.05, 0.1) is 5.56 Å². The van der Waals surface area contributed by atoms with Crippen LogP contribution >= 0.6 is 0 Å². The number of nitrogens with one attached hydrogen (secondary N) is 3. The van der Waals surface area contributed by atoms with Gasteiger partial charge in [0.1, 0.15) is 11.6 Å². The van der Waals surface area contributed by atoms with E-state index in [1.165, 1.54) is 6.92 Å². The van der Waals surface area contributed by atoms with Crippen LogP contribution in [0.3, 0.4) is 0 Å². The number of hydrogen-bond donors (Lipinski definition) is 3. The van der Waals surface area contributed by atoms with Gasteiger partial charge in [0.25, 0.3) is 5.91 Å². The molecular formula is C19H19F2N3O3. The van der Waals surface area contributed by atoms with Gasteiger partial charge in [0.2, 0.25) is 11.8 Å². The monoisotopic (exact) mass is 375 g/mol.